The van der Waals surface area contributed by atoms with Crippen molar-refractivity contribution in [1.29, 1.82) is 0 Å². The van der Waals surface area contributed by atoms with Crippen LogP contribution in [0.15, 0.2) is 66.9 Å². The van der Waals surface area contributed by atoms with Crippen LogP contribution in [0.1, 0.15) is 28.5 Å². The molecule has 0 radical (unpaired) electrons. The number of hydrogen-bond acceptors (Lipinski definition) is 3. The summed E-state index contributed by atoms with van der Waals surface area (Å²) in [4.78, 5) is 28.9. The summed E-state index contributed by atoms with van der Waals surface area (Å²) in [6.45, 7) is 0.423. The zero-order valence-electron chi connectivity index (χ0n) is 15.1. The number of aromatic amines is 1. The van der Waals surface area contributed by atoms with E-state index in [2.05, 4.69) is 10.3 Å². The Labute approximate surface area is 161 Å². The minimum Gasteiger partial charge on any atom is -0.361 e. The number of nitrogens with one attached hydrogen (secondary N) is 2. The second-order valence-corrected chi connectivity index (χ2v) is 7.21. The van der Waals surface area contributed by atoms with Crippen molar-refractivity contribution in [1.82, 2.24) is 10.3 Å². The van der Waals surface area contributed by atoms with Gasteiger partial charge in [0.1, 0.15) is 0 Å². The summed E-state index contributed by atoms with van der Waals surface area (Å²) in [7, 11) is 0. The first-order valence-corrected chi connectivity index (χ1v) is 9.29. The molecule has 4 aromatic rings. The van der Waals surface area contributed by atoms with Crippen LogP contribution in [0.2, 0.25) is 0 Å². The summed E-state index contributed by atoms with van der Waals surface area (Å²) in [6.07, 6.45) is 1.84. The Bertz CT molecular complexity index is 1240. The number of H-pyrrole nitrogens is 1. The molecular formula is C23H19N3O2. The number of para-hydroxylation sites is 1. The Morgan fingerprint density at radius 3 is 2.43 bits per heavy atom. The third kappa shape index (κ3) is 2.44. The first-order valence-electron chi connectivity index (χ1n) is 9.29. The number of rotatable bonds is 3. The van der Waals surface area contributed by atoms with E-state index < -0.39 is 11.8 Å². The van der Waals surface area contributed by atoms with E-state index in [1.165, 1.54) is 0 Å². The maximum absolute atomic E-state index is 12.9. The number of nitrogens with two attached hydrogens (primary N) is 1. The van der Waals surface area contributed by atoms with Crippen LogP contribution in [0.3, 0.4) is 0 Å². The molecule has 1 aromatic heterocycles. The molecule has 2 unspecified atom stereocenters. The monoisotopic (exact) mass is 369 g/mol. The third-order valence-electron chi connectivity index (χ3n) is 5.65. The fourth-order valence-corrected chi connectivity index (χ4v) is 4.31. The second kappa shape index (κ2) is 6.32. The van der Waals surface area contributed by atoms with E-state index in [1.807, 2.05) is 66.9 Å². The van der Waals surface area contributed by atoms with Gasteiger partial charge >= 0.3 is 0 Å². The maximum atomic E-state index is 12.9. The van der Waals surface area contributed by atoms with Crippen molar-refractivity contribution in [3.63, 3.8) is 0 Å². The smallest absolute Gasteiger partial charge is 0.235 e. The van der Waals surface area contributed by atoms with Gasteiger partial charge < -0.3 is 10.7 Å². The topological polar surface area (TPSA) is 88.0 Å². The molecule has 0 saturated carbocycles. The number of amides is 2. The molecule has 4 N–H and O–H groups in total. The molecule has 2 heterocycles. The predicted octanol–water partition coefficient (Wildman–Crippen LogP) is 3.30. The van der Waals surface area contributed by atoms with E-state index in [0.717, 1.165) is 38.4 Å². The van der Waals surface area contributed by atoms with Gasteiger partial charge in [-0.05, 0) is 39.6 Å². The van der Waals surface area contributed by atoms with Gasteiger partial charge in [-0.25, -0.2) is 0 Å². The van der Waals surface area contributed by atoms with E-state index in [0.29, 0.717) is 6.54 Å². The predicted molar refractivity (Wildman–Crippen MR) is 109 cm³/mol. The summed E-state index contributed by atoms with van der Waals surface area (Å²) < 4.78 is 0. The minimum atomic E-state index is -0.580. The molecule has 0 spiro atoms. The van der Waals surface area contributed by atoms with Gasteiger partial charge in [-0.3, -0.25) is 14.9 Å². The standard InChI is InChI=1S/C23H19N3O2/c24-11-13-8-9-14-4-3-6-16(17(14)10-13)20-21(23(28)26-22(20)27)18-12-25-19-7-2-1-5-15(18)19/h1-10,12,20-21,25H,11,24H2,(H,26,27,28). The minimum absolute atomic E-state index is 0.258. The van der Waals surface area contributed by atoms with E-state index in [-0.39, 0.29) is 11.8 Å². The third-order valence-corrected chi connectivity index (χ3v) is 5.65. The lowest BCUT2D eigenvalue weighted by atomic mass is 9.81. The lowest BCUT2D eigenvalue weighted by Gasteiger charge is -2.18. The number of fused-ring (bicyclic) bond motifs is 2. The van der Waals surface area contributed by atoms with Crippen LogP contribution in [0.4, 0.5) is 0 Å². The first-order chi connectivity index (χ1) is 13.7. The Morgan fingerprint density at radius 1 is 0.821 bits per heavy atom. The zero-order chi connectivity index (χ0) is 19.3. The molecule has 2 atom stereocenters. The molecular weight excluding hydrogens is 350 g/mol. The van der Waals surface area contributed by atoms with Crippen molar-refractivity contribution < 1.29 is 9.59 Å². The van der Waals surface area contributed by atoms with Crippen molar-refractivity contribution in [2.24, 2.45) is 5.73 Å². The highest BCUT2D eigenvalue weighted by atomic mass is 16.2. The van der Waals surface area contributed by atoms with Crippen molar-refractivity contribution in [3.05, 3.63) is 83.6 Å². The van der Waals surface area contributed by atoms with Gasteiger partial charge in [-0.2, -0.15) is 0 Å². The maximum Gasteiger partial charge on any atom is 0.235 e. The lowest BCUT2D eigenvalue weighted by Crippen LogP contribution is -2.21. The Hall–Kier alpha value is -3.44. The van der Waals surface area contributed by atoms with Crippen molar-refractivity contribution >= 4 is 33.5 Å². The number of aromatic nitrogens is 1. The van der Waals surface area contributed by atoms with Crippen molar-refractivity contribution in [2.45, 2.75) is 18.4 Å². The number of imide groups is 1. The number of carbonyl (C=O) groups is 2. The molecule has 1 aliphatic heterocycles. The number of hydrogen-bond donors (Lipinski definition) is 3. The Morgan fingerprint density at radius 2 is 1.61 bits per heavy atom. The lowest BCUT2D eigenvalue weighted by molar-refractivity contribution is -0.125. The van der Waals surface area contributed by atoms with Crippen LogP contribution >= 0.6 is 0 Å². The zero-order valence-corrected chi connectivity index (χ0v) is 15.1. The van der Waals surface area contributed by atoms with E-state index in [4.69, 9.17) is 5.73 Å². The summed E-state index contributed by atoms with van der Waals surface area (Å²) in [5.74, 6) is -1.67. The van der Waals surface area contributed by atoms with Gasteiger partial charge in [-0.1, -0.05) is 48.5 Å². The molecule has 5 rings (SSSR count). The molecule has 0 aliphatic carbocycles. The Balaban J connectivity index is 1.73. The second-order valence-electron chi connectivity index (χ2n) is 7.21. The van der Waals surface area contributed by atoms with Crippen molar-refractivity contribution in [3.8, 4) is 0 Å². The van der Waals surface area contributed by atoms with Gasteiger partial charge in [0.15, 0.2) is 0 Å². The molecule has 0 bridgehead atoms. The largest absolute Gasteiger partial charge is 0.361 e. The van der Waals surface area contributed by atoms with Gasteiger partial charge in [0.2, 0.25) is 11.8 Å². The van der Waals surface area contributed by atoms with Crippen LogP contribution in [-0.2, 0) is 16.1 Å². The fraction of sp³-hybridized carbons (Fsp3) is 0.130. The molecule has 3 aromatic carbocycles. The quantitative estimate of drug-likeness (QED) is 0.484. The molecule has 28 heavy (non-hydrogen) atoms. The molecule has 1 fully saturated rings. The summed E-state index contributed by atoms with van der Waals surface area (Å²) in [5.41, 5.74) is 9.46. The molecule has 5 heteroatoms. The van der Waals surface area contributed by atoms with Crippen LogP contribution in [0, 0.1) is 0 Å². The number of benzene rings is 3. The van der Waals surface area contributed by atoms with Gasteiger partial charge in [0.05, 0.1) is 11.8 Å². The van der Waals surface area contributed by atoms with E-state index in [1.54, 1.807) is 0 Å². The average molecular weight is 369 g/mol. The van der Waals surface area contributed by atoms with E-state index >= 15 is 0 Å². The average Bonchev–Trinajstić information content (AvgIpc) is 3.26. The number of carbonyl (C=O) groups excluding carboxylic acids is 2. The summed E-state index contributed by atoms with van der Waals surface area (Å²) in [5, 5.41) is 5.50. The van der Waals surface area contributed by atoms with Gasteiger partial charge in [-0.15, -0.1) is 0 Å². The van der Waals surface area contributed by atoms with Crippen LogP contribution < -0.4 is 11.1 Å². The highest BCUT2D eigenvalue weighted by Crippen LogP contribution is 2.42. The molecule has 1 saturated heterocycles. The highest BCUT2D eigenvalue weighted by Gasteiger charge is 2.45. The molecule has 2 amide bonds. The molecule has 138 valence electrons. The van der Waals surface area contributed by atoms with Crippen LogP contribution in [0.25, 0.3) is 21.7 Å². The summed E-state index contributed by atoms with van der Waals surface area (Å²) in [6, 6.07) is 19.7. The highest BCUT2D eigenvalue weighted by molar-refractivity contribution is 6.13. The van der Waals surface area contributed by atoms with E-state index in [9.17, 15) is 9.59 Å². The normalized spacial score (nSPS) is 19.5. The molecule has 1 aliphatic rings. The Kier molecular flexibility index (Phi) is 3.77. The van der Waals surface area contributed by atoms with Crippen molar-refractivity contribution in [2.75, 3.05) is 0 Å². The molecule has 5 nitrogen and oxygen atoms in total. The van der Waals surface area contributed by atoms with Crippen LogP contribution in [0.5, 0.6) is 0 Å². The van der Waals surface area contributed by atoms with Gasteiger partial charge in [0, 0.05) is 23.6 Å². The first kappa shape index (κ1) is 16.7. The SMILES string of the molecule is NCc1ccc2cccc(C3C(=O)NC(=O)C3c3c[nH]c4ccccc34)c2c1. The fourth-order valence-electron chi connectivity index (χ4n) is 4.31. The van der Waals surface area contributed by atoms with Crippen LogP contribution in [-0.4, -0.2) is 16.8 Å². The summed E-state index contributed by atoms with van der Waals surface area (Å²) >= 11 is 0. The van der Waals surface area contributed by atoms with Gasteiger partial charge in [0.25, 0.3) is 0 Å².